The largest absolute Gasteiger partial charge is 0.304 e. The second-order valence-corrected chi connectivity index (χ2v) is 2.99. The number of nitrogens with zero attached hydrogens (tertiary/aromatic N) is 2. The van der Waals surface area contributed by atoms with E-state index in [1.54, 1.807) is 0 Å². The Bertz CT molecular complexity index is 425. The van der Waals surface area contributed by atoms with Crippen molar-refractivity contribution in [3.63, 3.8) is 0 Å². The molecule has 0 aliphatic heterocycles. The van der Waals surface area contributed by atoms with Crippen LogP contribution >= 0.6 is 24.2 Å². The van der Waals surface area contributed by atoms with E-state index in [-0.39, 0.29) is 16.4 Å². The standard InChI is InChI=1S/C8H5ClN2O2S/c9-6-4-8(11(12)13)7(10-5-6)2-1-3-14/h4-5,14H,3H2. The van der Waals surface area contributed by atoms with Crippen molar-refractivity contribution < 1.29 is 4.92 Å². The van der Waals surface area contributed by atoms with Crippen molar-refractivity contribution in [2.75, 3.05) is 5.75 Å². The van der Waals surface area contributed by atoms with Crippen molar-refractivity contribution in [2.45, 2.75) is 0 Å². The molecule has 0 aromatic carbocycles. The van der Waals surface area contributed by atoms with E-state index in [2.05, 4.69) is 29.5 Å². The molecule has 0 bridgehead atoms. The molecule has 0 aliphatic carbocycles. The Morgan fingerprint density at radius 3 is 3.00 bits per heavy atom. The summed E-state index contributed by atoms with van der Waals surface area (Å²) in [6.45, 7) is 0. The lowest BCUT2D eigenvalue weighted by molar-refractivity contribution is -0.385. The zero-order valence-corrected chi connectivity index (χ0v) is 8.55. The average molecular weight is 229 g/mol. The number of thiol groups is 1. The quantitative estimate of drug-likeness (QED) is 0.346. The van der Waals surface area contributed by atoms with Crippen molar-refractivity contribution in [2.24, 2.45) is 0 Å². The molecule has 1 rings (SSSR count). The van der Waals surface area contributed by atoms with Crippen LogP contribution in [0.25, 0.3) is 0 Å². The summed E-state index contributed by atoms with van der Waals surface area (Å²) in [6, 6.07) is 1.22. The zero-order valence-electron chi connectivity index (χ0n) is 6.90. The number of hydrogen-bond donors (Lipinski definition) is 1. The Labute approximate surface area is 90.9 Å². The first-order chi connectivity index (χ1) is 6.65. The summed E-state index contributed by atoms with van der Waals surface area (Å²) in [5.74, 6) is 5.44. The second-order valence-electron chi connectivity index (χ2n) is 2.24. The van der Waals surface area contributed by atoms with E-state index in [4.69, 9.17) is 11.6 Å². The highest BCUT2D eigenvalue weighted by Crippen LogP contribution is 2.19. The summed E-state index contributed by atoms with van der Waals surface area (Å²) in [6.07, 6.45) is 1.32. The van der Waals surface area contributed by atoms with E-state index in [1.165, 1.54) is 12.3 Å². The molecule has 72 valence electrons. The number of hydrogen-bond acceptors (Lipinski definition) is 4. The maximum atomic E-state index is 10.6. The highest BCUT2D eigenvalue weighted by atomic mass is 35.5. The highest BCUT2D eigenvalue weighted by molar-refractivity contribution is 7.80. The van der Waals surface area contributed by atoms with Gasteiger partial charge in [0.15, 0.2) is 5.69 Å². The molecule has 0 saturated carbocycles. The van der Waals surface area contributed by atoms with Crippen LogP contribution in [0.1, 0.15) is 5.69 Å². The van der Waals surface area contributed by atoms with Crippen molar-refractivity contribution in [1.29, 1.82) is 0 Å². The summed E-state index contributed by atoms with van der Waals surface area (Å²) in [5.41, 5.74) is -0.0831. The minimum absolute atomic E-state index is 0.105. The number of pyridine rings is 1. The number of aromatic nitrogens is 1. The Morgan fingerprint density at radius 2 is 2.43 bits per heavy atom. The Morgan fingerprint density at radius 1 is 1.71 bits per heavy atom. The third-order valence-electron chi connectivity index (χ3n) is 1.32. The van der Waals surface area contributed by atoms with Crippen LogP contribution in [0, 0.1) is 22.0 Å². The van der Waals surface area contributed by atoms with Gasteiger partial charge >= 0.3 is 5.69 Å². The normalized spacial score (nSPS) is 9.00. The zero-order chi connectivity index (χ0) is 10.6. The van der Waals surface area contributed by atoms with Gasteiger partial charge in [-0.1, -0.05) is 17.5 Å². The number of halogens is 1. The van der Waals surface area contributed by atoms with E-state index in [0.29, 0.717) is 5.75 Å². The first-order valence-electron chi connectivity index (χ1n) is 3.55. The number of nitro groups is 1. The van der Waals surface area contributed by atoms with Gasteiger partial charge in [0.05, 0.1) is 15.7 Å². The molecule has 0 unspecified atom stereocenters. The van der Waals surface area contributed by atoms with Crippen LogP contribution in [-0.4, -0.2) is 15.7 Å². The highest BCUT2D eigenvalue weighted by Gasteiger charge is 2.13. The van der Waals surface area contributed by atoms with Crippen LogP contribution in [0.5, 0.6) is 0 Å². The van der Waals surface area contributed by atoms with Gasteiger partial charge < -0.3 is 0 Å². The molecule has 0 aliphatic rings. The van der Waals surface area contributed by atoms with Crippen LogP contribution in [0.3, 0.4) is 0 Å². The molecular weight excluding hydrogens is 224 g/mol. The molecule has 0 radical (unpaired) electrons. The fourth-order valence-corrected chi connectivity index (χ4v) is 1.02. The Hall–Kier alpha value is -1.25. The molecule has 0 spiro atoms. The fraction of sp³-hybridized carbons (Fsp3) is 0.125. The van der Waals surface area contributed by atoms with E-state index in [9.17, 15) is 10.1 Å². The maximum absolute atomic E-state index is 10.6. The predicted molar refractivity (Wildman–Crippen MR) is 56.6 cm³/mol. The molecule has 1 aromatic rings. The SMILES string of the molecule is O=[N+]([O-])c1cc(Cl)cnc1C#CCS. The van der Waals surface area contributed by atoms with Gasteiger partial charge in [-0.05, 0) is 5.92 Å². The van der Waals surface area contributed by atoms with Crippen LogP contribution in [0.15, 0.2) is 12.3 Å². The minimum atomic E-state index is -0.568. The van der Waals surface area contributed by atoms with Gasteiger partial charge in [-0.3, -0.25) is 10.1 Å². The summed E-state index contributed by atoms with van der Waals surface area (Å²) in [5, 5.41) is 10.8. The van der Waals surface area contributed by atoms with Gasteiger partial charge in [0, 0.05) is 12.3 Å². The summed E-state index contributed by atoms with van der Waals surface area (Å²) >= 11 is 9.42. The fourth-order valence-electron chi connectivity index (χ4n) is 0.787. The third kappa shape index (κ3) is 2.62. The maximum Gasteiger partial charge on any atom is 0.304 e. The van der Waals surface area contributed by atoms with Crippen molar-refractivity contribution >= 4 is 29.9 Å². The molecule has 4 nitrogen and oxygen atoms in total. The molecule has 0 saturated heterocycles. The van der Waals surface area contributed by atoms with Crippen LogP contribution in [-0.2, 0) is 0 Å². The van der Waals surface area contributed by atoms with Crippen LogP contribution < -0.4 is 0 Å². The van der Waals surface area contributed by atoms with Gasteiger partial charge in [0.1, 0.15) is 0 Å². The van der Waals surface area contributed by atoms with Crippen LogP contribution in [0.4, 0.5) is 5.69 Å². The monoisotopic (exact) mass is 228 g/mol. The predicted octanol–water partition coefficient (Wildman–Crippen LogP) is 1.92. The molecule has 0 fully saturated rings. The summed E-state index contributed by atoms with van der Waals surface area (Å²) in [4.78, 5) is 13.7. The van der Waals surface area contributed by atoms with Gasteiger partial charge in [-0.25, -0.2) is 4.98 Å². The van der Waals surface area contributed by atoms with E-state index < -0.39 is 4.92 Å². The van der Waals surface area contributed by atoms with Gasteiger partial charge in [0.2, 0.25) is 0 Å². The lowest BCUT2D eigenvalue weighted by Gasteiger charge is -1.94. The van der Waals surface area contributed by atoms with E-state index in [0.717, 1.165) is 0 Å². The van der Waals surface area contributed by atoms with Gasteiger partial charge in [-0.2, -0.15) is 12.6 Å². The molecule has 0 atom stereocenters. The third-order valence-corrected chi connectivity index (χ3v) is 1.68. The molecule has 0 N–H and O–H groups in total. The van der Waals surface area contributed by atoms with E-state index >= 15 is 0 Å². The molecule has 0 amide bonds. The van der Waals surface area contributed by atoms with Gasteiger partial charge in [-0.15, -0.1) is 0 Å². The van der Waals surface area contributed by atoms with E-state index in [1.807, 2.05) is 0 Å². The Kier molecular flexibility index (Phi) is 3.74. The topological polar surface area (TPSA) is 56.0 Å². The molecular formula is C8H5ClN2O2S. The number of rotatable bonds is 1. The Balaban J connectivity index is 3.22. The minimum Gasteiger partial charge on any atom is -0.258 e. The second kappa shape index (κ2) is 4.84. The smallest absolute Gasteiger partial charge is 0.258 e. The summed E-state index contributed by atoms with van der Waals surface area (Å²) in [7, 11) is 0. The first-order valence-corrected chi connectivity index (χ1v) is 4.56. The lowest BCUT2D eigenvalue weighted by Crippen LogP contribution is -1.94. The molecule has 14 heavy (non-hydrogen) atoms. The first kappa shape index (κ1) is 10.8. The average Bonchev–Trinajstić information content (AvgIpc) is 2.15. The van der Waals surface area contributed by atoms with Crippen molar-refractivity contribution in [3.05, 3.63) is 33.1 Å². The van der Waals surface area contributed by atoms with Crippen molar-refractivity contribution in [3.8, 4) is 11.8 Å². The summed E-state index contributed by atoms with van der Waals surface area (Å²) < 4.78 is 0. The molecule has 1 heterocycles. The van der Waals surface area contributed by atoms with Crippen molar-refractivity contribution in [1.82, 2.24) is 4.98 Å². The molecule has 6 heteroatoms. The van der Waals surface area contributed by atoms with Gasteiger partial charge in [0.25, 0.3) is 0 Å². The molecule has 1 aromatic heterocycles. The van der Waals surface area contributed by atoms with Crippen LogP contribution in [0.2, 0.25) is 5.02 Å². The lowest BCUT2D eigenvalue weighted by atomic mass is 10.3.